The molecule has 2 fully saturated rings. The summed E-state index contributed by atoms with van der Waals surface area (Å²) < 4.78 is 6.98. The number of anilines is 1. The Bertz CT molecular complexity index is 1200. The number of aryl methyl sites for hydroxylation is 1. The Morgan fingerprint density at radius 2 is 1.77 bits per heavy atom. The zero-order valence-corrected chi connectivity index (χ0v) is 23.7. The predicted molar refractivity (Wildman–Crippen MR) is 149 cm³/mol. The van der Waals surface area contributed by atoms with Crippen molar-refractivity contribution in [2.75, 3.05) is 37.7 Å². The molecule has 0 bridgehead atoms. The molecule has 0 aromatic heterocycles. The molecule has 5 rings (SSSR count). The maximum absolute atomic E-state index is 14.6. The van der Waals surface area contributed by atoms with E-state index in [0.29, 0.717) is 43.1 Å². The van der Waals surface area contributed by atoms with E-state index in [1.807, 2.05) is 57.2 Å². The number of benzene rings is 1. The van der Waals surface area contributed by atoms with Crippen LogP contribution in [0.3, 0.4) is 0 Å². The van der Waals surface area contributed by atoms with E-state index in [1.165, 1.54) is 0 Å². The average molecular weight is 556 g/mol. The first-order valence-electron chi connectivity index (χ1n) is 14.1. The summed E-state index contributed by atoms with van der Waals surface area (Å²) in [5, 5.41) is 9.88. The largest absolute Gasteiger partial charge is 0.396 e. The van der Waals surface area contributed by atoms with Crippen molar-refractivity contribution >= 4 is 35.0 Å². The summed E-state index contributed by atoms with van der Waals surface area (Å²) in [6.07, 6.45) is 10.0. The zero-order chi connectivity index (χ0) is 27.9. The van der Waals surface area contributed by atoms with Gasteiger partial charge in [-0.05, 0) is 44.2 Å². The molecule has 3 amide bonds. The number of ether oxygens (including phenoxy) is 1. The van der Waals surface area contributed by atoms with Crippen LogP contribution >= 0.6 is 11.6 Å². The Hall–Kier alpha value is -2.68. The Labute approximate surface area is 235 Å². The number of aliphatic hydroxyl groups excluding tert-OH is 1. The minimum atomic E-state index is -1.30. The number of rotatable bonds is 8. The van der Waals surface area contributed by atoms with Gasteiger partial charge in [0.15, 0.2) is 0 Å². The number of fused-ring (bicyclic) bond motifs is 2. The molecule has 4 aliphatic rings. The van der Waals surface area contributed by atoms with Gasteiger partial charge in [-0.2, -0.15) is 0 Å². The summed E-state index contributed by atoms with van der Waals surface area (Å²) in [7, 11) is 0. The maximum atomic E-state index is 14.6. The number of para-hydroxylation sites is 1. The average Bonchev–Trinajstić information content (AvgIpc) is 3.20. The summed E-state index contributed by atoms with van der Waals surface area (Å²) >= 11 is 6.61. The minimum absolute atomic E-state index is 0.00656. The number of unbranched alkanes of at least 4 members (excludes halogenated alkanes) is 1. The number of nitrogens with zero attached hydrogens (tertiary/aromatic N) is 3. The van der Waals surface area contributed by atoms with Crippen LogP contribution in [0.4, 0.5) is 5.69 Å². The lowest BCUT2D eigenvalue weighted by molar-refractivity contribution is -0.150. The lowest BCUT2D eigenvalue weighted by Gasteiger charge is -2.38. The van der Waals surface area contributed by atoms with Gasteiger partial charge in [0.25, 0.3) is 5.91 Å². The molecule has 5 atom stereocenters. The van der Waals surface area contributed by atoms with E-state index in [9.17, 15) is 19.5 Å². The highest BCUT2D eigenvalue weighted by Crippen LogP contribution is 2.58. The summed E-state index contributed by atoms with van der Waals surface area (Å²) in [6.45, 7) is 7.51. The van der Waals surface area contributed by atoms with E-state index in [2.05, 4.69) is 0 Å². The number of aliphatic hydroxyl groups is 1. The SMILES string of the molecule is CCCN1CC=C[C@]2(CC)O[C@]34C=CCN(c5c(C)cccc5Cl)C(=O)C3N(CCCCO)C(=O)[C@@H]4[C@@H]2C1=O. The first-order valence-corrected chi connectivity index (χ1v) is 14.5. The number of halogens is 1. The molecule has 4 heterocycles. The third-order valence-corrected chi connectivity index (χ3v) is 9.09. The van der Waals surface area contributed by atoms with Crippen LogP contribution in [-0.4, -0.2) is 82.7 Å². The van der Waals surface area contributed by atoms with Crippen LogP contribution in [0.25, 0.3) is 0 Å². The van der Waals surface area contributed by atoms with Crippen LogP contribution in [0, 0.1) is 18.8 Å². The molecule has 39 heavy (non-hydrogen) atoms. The van der Waals surface area contributed by atoms with Crippen molar-refractivity contribution in [3.05, 3.63) is 53.1 Å². The molecule has 8 nitrogen and oxygen atoms in total. The molecule has 9 heteroatoms. The van der Waals surface area contributed by atoms with Crippen LogP contribution in [0.1, 0.15) is 45.1 Å². The summed E-state index contributed by atoms with van der Waals surface area (Å²) in [6, 6.07) is 4.54. The normalized spacial score (nSPS) is 31.9. The molecule has 4 aliphatic heterocycles. The molecule has 1 N–H and O–H groups in total. The van der Waals surface area contributed by atoms with E-state index in [4.69, 9.17) is 16.3 Å². The zero-order valence-electron chi connectivity index (χ0n) is 22.9. The first kappa shape index (κ1) is 27.9. The molecule has 1 unspecified atom stereocenters. The van der Waals surface area contributed by atoms with Crippen molar-refractivity contribution in [3.8, 4) is 0 Å². The molecule has 0 saturated carbocycles. The molecule has 210 valence electrons. The summed E-state index contributed by atoms with van der Waals surface area (Å²) in [4.78, 5) is 48.1. The van der Waals surface area contributed by atoms with E-state index in [-0.39, 0.29) is 37.4 Å². The van der Waals surface area contributed by atoms with E-state index in [1.54, 1.807) is 20.8 Å². The highest BCUT2D eigenvalue weighted by molar-refractivity contribution is 6.34. The molecular formula is C30H38ClN3O5. The van der Waals surface area contributed by atoms with Crippen LogP contribution < -0.4 is 4.90 Å². The quantitative estimate of drug-likeness (QED) is 0.392. The van der Waals surface area contributed by atoms with Crippen LogP contribution in [0.2, 0.25) is 5.02 Å². The van der Waals surface area contributed by atoms with E-state index >= 15 is 0 Å². The first-order chi connectivity index (χ1) is 18.8. The van der Waals surface area contributed by atoms with Crippen molar-refractivity contribution in [1.29, 1.82) is 0 Å². The number of hydrogen-bond acceptors (Lipinski definition) is 5. The van der Waals surface area contributed by atoms with Crippen molar-refractivity contribution in [2.24, 2.45) is 11.8 Å². The van der Waals surface area contributed by atoms with Gasteiger partial charge in [0.1, 0.15) is 11.6 Å². The fraction of sp³-hybridized carbons (Fsp3) is 0.567. The number of likely N-dealkylation sites (tertiary alicyclic amines) is 1. The molecule has 1 aromatic rings. The number of carbonyl (C=O) groups is 3. The van der Waals surface area contributed by atoms with Crippen LogP contribution in [0.5, 0.6) is 0 Å². The smallest absolute Gasteiger partial charge is 0.253 e. The maximum Gasteiger partial charge on any atom is 0.253 e. The van der Waals surface area contributed by atoms with Crippen molar-refractivity contribution in [3.63, 3.8) is 0 Å². The lowest BCUT2D eigenvalue weighted by atomic mass is 9.73. The highest BCUT2D eigenvalue weighted by atomic mass is 35.5. The number of hydrogen-bond donors (Lipinski definition) is 1. The van der Waals surface area contributed by atoms with Gasteiger partial charge in [0.2, 0.25) is 11.8 Å². The topological polar surface area (TPSA) is 90.4 Å². The number of amides is 3. The molecule has 1 spiro atoms. The number of carbonyl (C=O) groups excluding carboxylic acids is 3. The molecule has 2 saturated heterocycles. The summed E-state index contributed by atoms with van der Waals surface area (Å²) in [5.41, 5.74) is -0.828. The van der Waals surface area contributed by atoms with Gasteiger partial charge in [-0.25, -0.2) is 0 Å². The highest BCUT2D eigenvalue weighted by Gasteiger charge is 2.75. The lowest BCUT2D eigenvalue weighted by Crippen LogP contribution is -2.56. The van der Waals surface area contributed by atoms with Crippen molar-refractivity contribution in [1.82, 2.24) is 9.80 Å². The minimum Gasteiger partial charge on any atom is -0.396 e. The van der Waals surface area contributed by atoms with Crippen LogP contribution in [-0.2, 0) is 19.1 Å². The summed E-state index contributed by atoms with van der Waals surface area (Å²) in [5.74, 6) is -2.19. The molecule has 1 aromatic carbocycles. The van der Waals surface area contributed by atoms with Crippen molar-refractivity contribution in [2.45, 2.75) is 63.7 Å². The second kappa shape index (κ2) is 10.7. The Kier molecular flexibility index (Phi) is 7.65. The Balaban J connectivity index is 1.66. The molecule has 0 aliphatic carbocycles. The van der Waals surface area contributed by atoms with Gasteiger partial charge in [-0.3, -0.25) is 14.4 Å². The molecular weight excluding hydrogens is 518 g/mol. The predicted octanol–water partition coefficient (Wildman–Crippen LogP) is 3.49. The second-order valence-corrected chi connectivity index (χ2v) is 11.4. The Morgan fingerprint density at radius 1 is 1.00 bits per heavy atom. The van der Waals surface area contributed by atoms with E-state index < -0.39 is 29.1 Å². The van der Waals surface area contributed by atoms with E-state index in [0.717, 1.165) is 12.0 Å². The Morgan fingerprint density at radius 3 is 2.46 bits per heavy atom. The standard InChI is InChI=1S/C30H38ClN3O5/c1-4-15-32-16-9-13-29(5-2)22(26(32)36)23-27(37)34(17-6-7-19-35)25-28(38)33(18-10-14-30(23,25)39-29)24-20(3)11-8-12-21(24)31/h8-14,22-23,25,35H,4-7,15-19H2,1-3H3/t22-,23+,25?,29+,30+/m1/s1. The molecule has 0 radical (unpaired) electrons. The van der Waals surface area contributed by atoms with Gasteiger partial charge in [0, 0.05) is 32.8 Å². The fourth-order valence-electron chi connectivity index (χ4n) is 7.08. The third-order valence-electron chi connectivity index (χ3n) is 8.78. The van der Waals surface area contributed by atoms with Gasteiger partial charge in [0.05, 0.1) is 28.1 Å². The van der Waals surface area contributed by atoms with Crippen LogP contribution in [0.15, 0.2) is 42.5 Å². The van der Waals surface area contributed by atoms with Crippen molar-refractivity contribution < 1.29 is 24.2 Å². The van der Waals surface area contributed by atoms with Gasteiger partial charge in [-0.1, -0.05) is 61.9 Å². The third kappa shape index (κ3) is 4.23. The fourth-order valence-corrected chi connectivity index (χ4v) is 7.40. The monoisotopic (exact) mass is 555 g/mol. The van der Waals surface area contributed by atoms with Gasteiger partial charge >= 0.3 is 0 Å². The van der Waals surface area contributed by atoms with Gasteiger partial charge in [-0.15, -0.1) is 0 Å². The van der Waals surface area contributed by atoms with Gasteiger partial charge < -0.3 is 24.5 Å². The second-order valence-electron chi connectivity index (χ2n) is 11.0.